The average molecular weight is 582 g/mol. The van der Waals surface area contributed by atoms with E-state index in [-0.39, 0.29) is 47.0 Å². The molecule has 14 nitrogen and oxygen atoms in total. The molecule has 38 heavy (non-hydrogen) atoms. The van der Waals surface area contributed by atoms with Crippen molar-refractivity contribution in [2.75, 3.05) is 24.3 Å². The van der Waals surface area contributed by atoms with Gasteiger partial charge in [-0.1, -0.05) is 5.16 Å². The molecular formula is C21H23N7O7S3. The third kappa shape index (κ3) is 5.94. The number of nitrogens with two attached hydrogens (primary N) is 1. The zero-order valence-corrected chi connectivity index (χ0v) is 22.6. The van der Waals surface area contributed by atoms with Crippen molar-refractivity contribution in [1.29, 1.82) is 0 Å². The van der Waals surface area contributed by atoms with E-state index < -0.39 is 39.0 Å². The number of carbonyl (C=O) groups excluding carboxylic acids is 3. The maximum Gasteiger partial charge on any atom is 0.278 e. The molecule has 2 atom stereocenters. The highest BCUT2D eigenvalue weighted by Crippen LogP contribution is 2.40. The summed E-state index contributed by atoms with van der Waals surface area (Å²) >= 11 is 2.13. The molecule has 2 aromatic rings. The van der Waals surface area contributed by atoms with Crippen molar-refractivity contribution in [3.05, 3.63) is 47.2 Å². The standard InChI is InChI=1S/C21H23N7O7S3/c1-3-35-25-13(16-24-21(22)37-26-16)17(29)23-14-18(30)28-15(20(31)32)12(9-36-19(14)28)8-27-6-4-5-11(7-27)10-38(2,33)34/h4-7,14,19H,3,8-10H2,1-2H3,(H3-,22,23,24,26,29,31,32)/t14?,19-/m1/s1. The number of carboxylic acid groups (broad SMARTS) is 1. The lowest BCUT2D eigenvalue weighted by atomic mass is 10.0. The van der Waals surface area contributed by atoms with E-state index in [2.05, 4.69) is 19.8 Å². The van der Waals surface area contributed by atoms with Gasteiger partial charge in [-0.25, -0.2) is 13.0 Å². The number of carbonyl (C=O) groups is 3. The van der Waals surface area contributed by atoms with Crippen LogP contribution in [0.15, 0.2) is 41.0 Å². The summed E-state index contributed by atoms with van der Waals surface area (Å²) in [5.74, 6) is -2.94. The van der Waals surface area contributed by atoms with Gasteiger partial charge in [-0.05, 0) is 13.0 Å². The smallest absolute Gasteiger partial charge is 0.278 e. The fraction of sp³-hybridized carbons (Fsp3) is 0.381. The Balaban J connectivity index is 1.53. The number of β-lactam (4-membered cyclic amide) rings is 1. The Morgan fingerprint density at radius 1 is 1.42 bits per heavy atom. The largest absolute Gasteiger partial charge is 0.543 e. The van der Waals surface area contributed by atoms with Crippen LogP contribution in [0.1, 0.15) is 18.3 Å². The van der Waals surface area contributed by atoms with Crippen LogP contribution >= 0.6 is 23.3 Å². The fourth-order valence-electron chi connectivity index (χ4n) is 3.93. The molecule has 0 aromatic carbocycles. The minimum atomic E-state index is -3.26. The molecule has 4 heterocycles. The van der Waals surface area contributed by atoms with Crippen molar-refractivity contribution >= 4 is 61.8 Å². The highest BCUT2D eigenvalue weighted by Gasteiger charge is 2.53. The van der Waals surface area contributed by atoms with E-state index in [0.29, 0.717) is 11.1 Å². The summed E-state index contributed by atoms with van der Waals surface area (Å²) in [5, 5.41) is 17.8. The lowest BCUT2D eigenvalue weighted by molar-refractivity contribution is -0.689. The summed E-state index contributed by atoms with van der Waals surface area (Å²) in [6.07, 6.45) is 4.40. The zero-order valence-electron chi connectivity index (χ0n) is 20.2. The van der Waals surface area contributed by atoms with Crippen LogP contribution in [0.5, 0.6) is 0 Å². The van der Waals surface area contributed by atoms with Crippen molar-refractivity contribution in [3.63, 3.8) is 0 Å². The van der Waals surface area contributed by atoms with Crippen molar-refractivity contribution in [2.24, 2.45) is 5.16 Å². The Labute approximate surface area is 225 Å². The van der Waals surface area contributed by atoms with Crippen LogP contribution in [-0.2, 0) is 41.4 Å². The van der Waals surface area contributed by atoms with Crippen LogP contribution in [0.4, 0.5) is 5.13 Å². The van der Waals surface area contributed by atoms with E-state index in [1.54, 1.807) is 36.0 Å². The van der Waals surface area contributed by atoms with Crippen LogP contribution < -0.4 is 20.7 Å². The monoisotopic (exact) mass is 581 g/mol. The number of anilines is 1. The van der Waals surface area contributed by atoms with Crippen LogP contribution in [-0.4, -0.2) is 76.2 Å². The second-order valence-corrected chi connectivity index (χ2v) is 12.4. The SMILES string of the molecule is CCON=C(C(=O)NC1C(=O)N2C(C(=O)[O-])=C(C[n+]3cccc(CS(C)(=O)=O)c3)CS[C@H]12)c1nsc(N)n1. The summed E-state index contributed by atoms with van der Waals surface area (Å²) < 4.78 is 28.9. The topological polar surface area (TPSA) is 201 Å². The van der Waals surface area contributed by atoms with Crippen LogP contribution in [0.2, 0.25) is 0 Å². The summed E-state index contributed by atoms with van der Waals surface area (Å²) in [4.78, 5) is 48.0. The van der Waals surface area contributed by atoms with Gasteiger partial charge >= 0.3 is 0 Å². The molecule has 0 spiro atoms. The quantitative estimate of drug-likeness (QED) is 0.133. The molecule has 1 saturated heterocycles. The highest BCUT2D eigenvalue weighted by atomic mass is 32.2. The van der Waals surface area contributed by atoms with Crippen LogP contribution in [0.3, 0.4) is 0 Å². The number of amides is 2. The van der Waals surface area contributed by atoms with Gasteiger partial charge in [0.1, 0.15) is 18.0 Å². The van der Waals surface area contributed by atoms with Crippen LogP contribution in [0, 0.1) is 0 Å². The number of nitrogen functional groups attached to an aromatic ring is 1. The molecule has 2 aliphatic rings. The molecule has 1 unspecified atom stereocenters. The summed E-state index contributed by atoms with van der Waals surface area (Å²) in [6.45, 7) is 1.94. The fourth-order valence-corrected chi connectivity index (χ4v) is 6.48. The second-order valence-electron chi connectivity index (χ2n) is 8.37. The first-order valence-electron chi connectivity index (χ1n) is 11.1. The molecule has 3 N–H and O–H groups in total. The molecular weight excluding hydrogens is 558 g/mol. The number of sulfone groups is 1. The number of thioether (sulfide) groups is 1. The third-order valence-electron chi connectivity index (χ3n) is 5.40. The van der Waals surface area contributed by atoms with Crippen molar-refractivity contribution in [2.45, 2.75) is 30.6 Å². The molecule has 0 aliphatic carbocycles. The maximum atomic E-state index is 13.0. The Morgan fingerprint density at radius 3 is 2.82 bits per heavy atom. The van der Waals surface area contributed by atoms with Crippen molar-refractivity contribution < 1.29 is 37.3 Å². The molecule has 2 amide bonds. The van der Waals surface area contributed by atoms with E-state index in [0.717, 1.165) is 22.7 Å². The van der Waals surface area contributed by atoms with Gasteiger partial charge < -0.3 is 25.8 Å². The zero-order chi connectivity index (χ0) is 27.6. The van der Waals surface area contributed by atoms with Gasteiger partial charge in [0.2, 0.25) is 11.5 Å². The second kappa shape index (κ2) is 11.0. The predicted octanol–water partition coefficient (Wildman–Crippen LogP) is -2.20. The molecule has 202 valence electrons. The first kappa shape index (κ1) is 27.5. The van der Waals surface area contributed by atoms with Gasteiger partial charge in [0, 0.05) is 40.7 Å². The normalized spacial score (nSPS) is 19.6. The molecule has 2 aromatic heterocycles. The number of hydrogen-bond acceptors (Lipinski definition) is 13. The summed E-state index contributed by atoms with van der Waals surface area (Å²) in [6, 6.07) is 2.28. The number of hydrogen-bond donors (Lipinski definition) is 2. The van der Waals surface area contributed by atoms with Gasteiger partial charge in [-0.3, -0.25) is 14.5 Å². The molecule has 4 rings (SSSR count). The van der Waals surface area contributed by atoms with Gasteiger partial charge in [0.15, 0.2) is 33.9 Å². The van der Waals surface area contributed by atoms with E-state index in [1.165, 1.54) is 11.8 Å². The Morgan fingerprint density at radius 2 is 2.18 bits per heavy atom. The summed E-state index contributed by atoms with van der Waals surface area (Å²) in [5.41, 5.74) is 6.00. The summed E-state index contributed by atoms with van der Waals surface area (Å²) in [7, 11) is -3.26. The molecule has 0 radical (unpaired) electrons. The number of aromatic nitrogens is 3. The van der Waals surface area contributed by atoms with Crippen molar-refractivity contribution in [1.82, 2.24) is 19.6 Å². The molecule has 1 fully saturated rings. The number of carboxylic acids is 1. The number of oxime groups is 1. The van der Waals surface area contributed by atoms with Gasteiger partial charge in [0.25, 0.3) is 11.8 Å². The van der Waals surface area contributed by atoms with E-state index >= 15 is 0 Å². The number of nitrogens with one attached hydrogen (secondary N) is 1. The molecule has 2 aliphatic heterocycles. The Kier molecular flexibility index (Phi) is 7.98. The lowest BCUT2D eigenvalue weighted by Gasteiger charge is -2.50. The highest BCUT2D eigenvalue weighted by molar-refractivity contribution is 8.00. The number of pyridine rings is 1. The lowest BCUT2D eigenvalue weighted by Crippen LogP contribution is -2.71. The first-order valence-corrected chi connectivity index (χ1v) is 15.0. The number of fused-ring (bicyclic) bond motifs is 1. The van der Waals surface area contributed by atoms with Crippen molar-refractivity contribution in [3.8, 4) is 0 Å². The number of rotatable bonds is 10. The van der Waals surface area contributed by atoms with E-state index in [9.17, 15) is 27.9 Å². The molecule has 0 saturated carbocycles. The van der Waals surface area contributed by atoms with Gasteiger partial charge in [-0.15, -0.1) is 11.8 Å². The maximum absolute atomic E-state index is 13.0. The average Bonchev–Trinajstić information content (AvgIpc) is 3.27. The molecule has 0 bridgehead atoms. The number of aliphatic carboxylic acids is 1. The van der Waals surface area contributed by atoms with Gasteiger partial charge in [0.05, 0.1) is 17.4 Å². The Bertz CT molecular complexity index is 1450. The first-order chi connectivity index (χ1) is 18.0. The number of nitrogens with zero attached hydrogens (tertiary/aromatic N) is 5. The van der Waals surface area contributed by atoms with E-state index in [1.807, 2.05) is 0 Å². The van der Waals surface area contributed by atoms with Crippen LogP contribution in [0.25, 0.3) is 0 Å². The van der Waals surface area contributed by atoms with Gasteiger partial charge in [-0.2, -0.15) is 9.36 Å². The minimum absolute atomic E-state index is 0.0638. The predicted molar refractivity (Wildman–Crippen MR) is 135 cm³/mol. The van der Waals surface area contributed by atoms with E-state index in [4.69, 9.17) is 10.6 Å². The third-order valence-corrected chi connectivity index (χ3v) is 8.14. The molecule has 17 heteroatoms. The minimum Gasteiger partial charge on any atom is -0.543 e. The Hall–Kier alpha value is -3.57.